The summed E-state index contributed by atoms with van der Waals surface area (Å²) in [5.41, 5.74) is 0. The minimum absolute atomic E-state index is 0.953. The van der Waals surface area contributed by atoms with E-state index in [4.69, 9.17) is 8.83 Å². The quantitative estimate of drug-likeness (QED) is 0.255. The van der Waals surface area contributed by atoms with Gasteiger partial charge in [-0.2, -0.15) is 0 Å². The van der Waals surface area contributed by atoms with Crippen molar-refractivity contribution >= 4 is 84.3 Å². The molecule has 0 saturated carbocycles. The van der Waals surface area contributed by atoms with Crippen molar-refractivity contribution < 1.29 is 8.83 Å². The highest BCUT2D eigenvalue weighted by Gasteiger charge is 2.17. The van der Waals surface area contributed by atoms with Gasteiger partial charge in [0, 0.05) is 29.6 Å². The van der Waals surface area contributed by atoms with Crippen LogP contribution in [0, 0.1) is 13.8 Å². The smallest absolute Gasteiger partial charge is 0.144 e. The molecule has 146 valence electrons. The molecule has 0 bridgehead atoms. The predicted molar refractivity (Wildman–Crippen MR) is 133 cm³/mol. The van der Waals surface area contributed by atoms with Crippen molar-refractivity contribution in [2.24, 2.45) is 0 Å². The van der Waals surface area contributed by atoms with Crippen LogP contribution in [0.2, 0.25) is 0 Å². The zero-order valence-electron chi connectivity index (χ0n) is 16.1. The Morgan fingerprint density at radius 3 is 1.47 bits per heavy atom. The van der Waals surface area contributed by atoms with Crippen molar-refractivity contribution in [2.75, 3.05) is 0 Å². The molecule has 7 rings (SSSR count). The molecule has 0 amide bonds. The summed E-state index contributed by atoms with van der Waals surface area (Å²) in [6.45, 7) is 3.99. The van der Waals surface area contributed by atoms with Gasteiger partial charge >= 0.3 is 0 Å². The summed E-state index contributed by atoms with van der Waals surface area (Å²) in [7, 11) is 0. The Kier molecular flexibility index (Phi) is 3.51. The second-order valence-electron chi connectivity index (χ2n) is 7.48. The molecule has 0 radical (unpaired) electrons. The third-order valence-electron chi connectivity index (χ3n) is 5.37. The van der Waals surface area contributed by atoms with E-state index in [-0.39, 0.29) is 0 Å². The summed E-state index contributed by atoms with van der Waals surface area (Å²) < 4.78 is 19.8. The fourth-order valence-corrected chi connectivity index (χ4v) is 9.05. The number of hydrogen-bond donors (Lipinski definition) is 0. The molecule has 0 aliphatic heterocycles. The molecule has 7 aromatic rings. The van der Waals surface area contributed by atoms with Crippen LogP contribution in [-0.2, 0) is 0 Å². The lowest BCUT2D eigenvalue weighted by Gasteiger charge is -1.94. The number of fused-ring (bicyclic) bond motifs is 6. The van der Waals surface area contributed by atoms with E-state index in [0.29, 0.717) is 0 Å². The lowest BCUT2D eigenvalue weighted by Crippen LogP contribution is -1.65. The molecular weight excluding hydrogens is 449 g/mol. The molecule has 2 nitrogen and oxygen atoms in total. The van der Waals surface area contributed by atoms with Gasteiger partial charge in [0.05, 0.1) is 19.2 Å². The van der Waals surface area contributed by atoms with E-state index < -0.39 is 0 Å². The van der Waals surface area contributed by atoms with E-state index in [2.05, 4.69) is 36.4 Å². The Hall–Kier alpha value is -2.38. The number of rotatable bonds is 2. The first-order valence-electron chi connectivity index (χ1n) is 9.58. The van der Waals surface area contributed by atoms with Gasteiger partial charge in [-0.25, -0.2) is 0 Å². The molecule has 1 aromatic carbocycles. The molecular formula is C24H14O2S4. The number of furan rings is 2. The first-order chi connectivity index (χ1) is 14.6. The van der Waals surface area contributed by atoms with E-state index in [9.17, 15) is 0 Å². The predicted octanol–water partition coefficient (Wildman–Crippen LogP) is 9.68. The van der Waals surface area contributed by atoms with Gasteiger partial charge in [0.15, 0.2) is 0 Å². The van der Waals surface area contributed by atoms with Crippen LogP contribution in [0.15, 0.2) is 57.4 Å². The zero-order valence-corrected chi connectivity index (χ0v) is 19.3. The second-order valence-corrected chi connectivity index (χ2v) is 11.7. The van der Waals surface area contributed by atoms with Gasteiger partial charge in [-0.05, 0) is 62.4 Å². The third kappa shape index (κ3) is 2.45. The monoisotopic (exact) mass is 462 g/mol. The van der Waals surface area contributed by atoms with Gasteiger partial charge in [-0.3, -0.25) is 0 Å². The normalized spacial score (nSPS) is 12.3. The molecule has 6 heteroatoms. The Bertz CT molecular complexity index is 1600. The van der Waals surface area contributed by atoms with Crippen LogP contribution < -0.4 is 0 Å². The van der Waals surface area contributed by atoms with Gasteiger partial charge in [0.1, 0.15) is 23.0 Å². The van der Waals surface area contributed by atoms with Crippen LogP contribution in [0.25, 0.3) is 60.2 Å². The van der Waals surface area contributed by atoms with Crippen LogP contribution in [0.5, 0.6) is 0 Å². The van der Waals surface area contributed by atoms with E-state index in [1.807, 2.05) is 71.3 Å². The van der Waals surface area contributed by atoms with Gasteiger partial charge in [0.25, 0.3) is 0 Å². The fourth-order valence-electron chi connectivity index (χ4n) is 3.97. The van der Waals surface area contributed by atoms with E-state index in [1.54, 1.807) is 0 Å². The summed E-state index contributed by atoms with van der Waals surface area (Å²) in [6, 6.07) is 17.5. The van der Waals surface area contributed by atoms with Crippen LogP contribution >= 0.6 is 45.3 Å². The standard InChI is InChI=1S/C24H14O2S4/c1-11-3-5-15(25-11)19-9-21-23(29-19)13-7-14-18(8-17(13)27-21)28-22-10-20(30-24(14)22)16-6-4-12(2)26-16/h3-10H,1-2H3. The maximum absolute atomic E-state index is 5.85. The molecule has 0 unspecified atom stereocenters. The number of benzene rings is 1. The summed E-state index contributed by atoms with van der Waals surface area (Å²) in [6.07, 6.45) is 0. The minimum Gasteiger partial charge on any atom is -0.461 e. The third-order valence-corrected chi connectivity index (χ3v) is 10.2. The van der Waals surface area contributed by atoms with E-state index in [1.165, 1.54) is 48.7 Å². The largest absolute Gasteiger partial charge is 0.461 e. The Morgan fingerprint density at radius 2 is 1.03 bits per heavy atom. The first-order valence-corrected chi connectivity index (χ1v) is 12.8. The molecule has 0 saturated heterocycles. The summed E-state index contributed by atoms with van der Waals surface area (Å²) in [5.74, 6) is 3.83. The molecule has 30 heavy (non-hydrogen) atoms. The van der Waals surface area contributed by atoms with Crippen LogP contribution in [0.3, 0.4) is 0 Å². The van der Waals surface area contributed by atoms with Crippen molar-refractivity contribution in [3.63, 3.8) is 0 Å². The maximum atomic E-state index is 5.85. The lowest BCUT2D eigenvalue weighted by atomic mass is 10.2. The highest BCUT2D eigenvalue weighted by atomic mass is 32.1. The topological polar surface area (TPSA) is 26.3 Å². The number of thiophene rings is 4. The second kappa shape index (κ2) is 6.08. The molecule has 0 aliphatic rings. The SMILES string of the molecule is Cc1ccc(-c2cc3sc4cc5sc6cc(-c7ccc(C)o7)sc6c5cc4c3s2)o1. The molecule has 0 N–H and O–H groups in total. The highest BCUT2D eigenvalue weighted by molar-refractivity contribution is 7.35. The summed E-state index contributed by atoms with van der Waals surface area (Å²) in [5, 5.41) is 2.70. The van der Waals surface area contributed by atoms with E-state index in [0.717, 1.165) is 23.0 Å². The summed E-state index contributed by atoms with van der Waals surface area (Å²) in [4.78, 5) is 2.40. The van der Waals surface area contributed by atoms with Gasteiger partial charge in [0.2, 0.25) is 0 Å². The minimum atomic E-state index is 0.953. The molecule has 0 atom stereocenters. The van der Waals surface area contributed by atoms with Crippen molar-refractivity contribution in [2.45, 2.75) is 13.8 Å². The Morgan fingerprint density at radius 1 is 0.533 bits per heavy atom. The highest BCUT2D eigenvalue weighted by Crippen LogP contribution is 2.48. The molecule has 6 heterocycles. The Labute approximate surface area is 187 Å². The molecule has 0 spiro atoms. The Balaban J connectivity index is 1.44. The fraction of sp³-hybridized carbons (Fsp3) is 0.0833. The zero-order chi connectivity index (χ0) is 20.0. The number of hydrogen-bond acceptors (Lipinski definition) is 6. The lowest BCUT2D eigenvalue weighted by molar-refractivity contribution is 0.549. The van der Waals surface area contributed by atoms with Gasteiger partial charge in [-0.15, -0.1) is 45.3 Å². The molecule has 0 fully saturated rings. The van der Waals surface area contributed by atoms with Gasteiger partial charge < -0.3 is 8.83 Å². The van der Waals surface area contributed by atoms with Gasteiger partial charge in [-0.1, -0.05) is 0 Å². The van der Waals surface area contributed by atoms with E-state index >= 15 is 0 Å². The average Bonchev–Trinajstić information content (AvgIpc) is 3.49. The number of aryl methyl sites for hydroxylation is 2. The average molecular weight is 463 g/mol. The van der Waals surface area contributed by atoms with Crippen molar-refractivity contribution in [1.29, 1.82) is 0 Å². The van der Waals surface area contributed by atoms with Crippen LogP contribution in [0.4, 0.5) is 0 Å². The van der Waals surface area contributed by atoms with Crippen molar-refractivity contribution in [1.82, 2.24) is 0 Å². The van der Waals surface area contributed by atoms with Crippen molar-refractivity contribution in [3.8, 4) is 21.3 Å². The first kappa shape index (κ1) is 17.3. The van der Waals surface area contributed by atoms with Crippen LogP contribution in [0.1, 0.15) is 11.5 Å². The van der Waals surface area contributed by atoms with Crippen LogP contribution in [-0.4, -0.2) is 0 Å². The van der Waals surface area contributed by atoms with Crippen molar-refractivity contribution in [3.05, 3.63) is 60.1 Å². The molecule has 0 aliphatic carbocycles. The maximum Gasteiger partial charge on any atom is 0.144 e. The summed E-state index contributed by atoms with van der Waals surface area (Å²) >= 11 is 7.42. The molecule has 6 aromatic heterocycles.